The van der Waals surface area contributed by atoms with Crippen LogP contribution in [0.3, 0.4) is 0 Å². The molecule has 4 aromatic carbocycles. The molecule has 0 spiro atoms. The maximum atomic E-state index is 11.8. The van der Waals surface area contributed by atoms with Crippen molar-refractivity contribution in [2.75, 3.05) is 30.0 Å². The average molecular weight is 1050 g/mol. The second kappa shape index (κ2) is 22.9. The summed E-state index contributed by atoms with van der Waals surface area (Å²) in [6.45, 7) is 5.49. The molecule has 354 valence electrons. The van der Waals surface area contributed by atoms with Gasteiger partial charge in [0.25, 0.3) is 30.4 Å². The van der Waals surface area contributed by atoms with Crippen LogP contribution >= 0.6 is 46.4 Å². The van der Waals surface area contributed by atoms with Gasteiger partial charge in [0.05, 0.1) is 51.2 Å². The summed E-state index contributed by atoms with van der Waals surface area (Å²) in [6, 6.07) is 14.0. The first-order valence-electron chi connectivity index (χ1n) is 19.6. The number of ether oxygens (including phenoxy) is 2. The Bertz CT molecular complexity index is 2990. The number of hydrogen-bond acceptors (Lipinski definition) is 16. The molecule has 26 heteroatoms. The SMILES string of the molecule is CCCCOc1cc(N=Nc2ccc(Cl)c(C)c2)c(Cl)cc1Cc1nc(Cc2cc(Cl)c(N=Nc3ccc(Cl)c(S(=O)(=O)O)c3)cc2OCCCS(=O)(=O)O)nc(NC(C)CS(=O)(=O)O)n1. The first kappa shape index (κ1) is 52.4. The van der Waals surface area contributed by atoms with E-state index < -0.39 is 52.8 Å². The third kappa shape index (κ3) is 16.3. The van der Waals surface area contributed by atoms with Gasteiger partial charge in [-0.15, -0.1) is 10.2 Å². The average Bonchev–Trinajstić information content (AvgIpc) is 3.20. The molecule has 4 N–H and O–H groups in total. The summed E-state index contributed by atoms with van der Waals surface area (Å²) in [6.07, 6.45) is 1.34. The lowest BCUT2D eigenvalue weighted by atomic mass is 10.1. The number of hydrogen-bond donors (Lipinski definition) is 4. The van der Waals surface area contributed by atoms with Crippen molar-refractivity contribution in [1.82, 2.24) is 15.0 Å². The zero-order valence-electron chi connectivity index (χ0n) is 35.2. The van der Waals surface area contributed by atoms with Crippen molar-refractivity contribution in [3.05, 3.63) is 109 Å². The molecule has 0 aliphatic rings. The fourth-order valence-electron chi connectivity index (χ4n) is 5.89. The minimum atomic E-state index is -4.70. The third-order valence-corrected chi connectivity index (χ3v) is 13.1. The number of unbranched alkanes of at least 4 members (excludes halogenated alkanes) is 1. The van der Waals surface area contributed by atoms with Gasteiger partial charge in [-0.3, -0.25) is 13.7 Å². The Balaban J connectivity index is 1.56. The second-order valence-corrected chi connectivity index (χ2v) is 20.7. The first-order valence-corrected chi connectivity index (χ1v) is 25.8. The highest BCUT2D eigenvalue weighted by Gasteiger charge is 2.20. The molecule has 0 saturated heterocycles. The van der Waals surface area contributed by atoms with Crippen molar-refractivity contribution < 1.29 is 48.4 Å². The monoisotopic (exact) mass is 1050 g/mol. The summed E-state index contributed by atoms with van der Waals surface area (Å²) < 4.78 is 110. The van der Waals surface area contributed by atoms with Gasteiger partial charge in [0.2, 0.25) is 5.95 Å². The molecule has 0 saturated carbocycles. The number of rotatable bonds is 22. The van der Waals surface area contributed by atoms with Crippen LogP contribution in [-0.4, -0.2) is 84.6 Å². The van der Waals surface area contributed by atoms with Crippen molar-refractivity contribution in [3.8, 4) is 11.5 Å². The van der Waals surface area contributed by atoms with Gasteiger partial charge in [-0.05, 0) is 80.8 Å². The van der Waals surface area contributed by atoms with E-state index >= 15 is 0 Å². The van der Waals surface area contributed by atoms with E-state index in [1.54, 1.807) is 30.3 Å². The van der Waals surface area contributed by atoms with Gasteiger partial charge in [0.1, 0.15) is 39.4 Å². The largest absolute Gasteiger partial charge is 0.493 e. The smallest absolute Gasteiger partial charge is 0.296 e. The lowest BCUT2D eigenvalue weighted by Crippen LogP contribution is -2.27. The Morgan fingerprint density at radius 3 is 1.65 bits per heavy atom. The summed E-state index contributed by atoms with van der Waals surface area (Å²) >= 11 is 25.5. The number of halogens is 4. The van der Waals surface area contributed by atoms with Crippen molar-refractivity contribution in [1.29, 1.82) is 0 Å². The van der Waals surface area contributed by atoms with Crippen LogP contribution in [0.25, 0.3) is 0 Å². The summed E-state index contributed by atoms with van der Waals surface area (Å²) in [4.78, 5) is 13.2. The molecule has 0 aliphatic heterocycles. The van der Waals surface area contributed by atoms with Crippen LogP contribution < -0.4 is 14.8 Å². The molecule has 19 nitrogen and oxygen atoms in total. The lowest BCUT2D eigenvalue weighted by molar-refractivity contribution is 0.306. The van der Waals surface area contributed by atoms with Crippen LogP contribution in [0, 0.1) is 6.92 Å². The Hall–Kier alpha value is -4.62. The minimum absolute atomic E-state index is 0.00885. The normalized spacial score (nSPS) is 12.8. The van der Waals surface area contributed by atoms with E-state index in [4.69, 9.17) is 60.9 Å². The van der Waals surface area contributed by atoms with E-state index in [-0.39, 0.29) is 75.7 Å². The Kier molecular flexibility index (Phi) is 18.2. The zero-order valence-corrected chi connectivity index (χ0v) is 40.7. The van der Waals surface area contributed by atoms with Crippen LogP contribution in [0.1, 0.15) is 61.4 Å². The van der Waals surface area contributed by atoms with Crippen LogP contribution in [0.5, 0.6) is 11.5 Å². The maximum Gasteiger partial charge on any atom is 0.296 e. The number of aromatic nitrogens is 3. The molecule has 1 heterocycles. The molecular weight excluding hydrogens is 1010 g/mol. The summed E-state index contributed by atoms with van der Waals surface area (Å²) in [5.74, 6) is -0.556. The maximum absolute atomic E-state index is 11.8. The minimum Gasteiger partial charge on any atom is -0.493 e. The molecule has 0 radical (unpaired) electrons. The molecule has 66 heavy (non-hydrogen) atoms. The van der Waals surface area contributed by atoms with E-state index in [1.165, 1.54) is 31.2 Å². The predicted molar refractivity (Wildman–Crippen MR) is 251 cm³/mol. The molecule has 0 bridgehead atoms. The molecule has 1 unspecified atom stereocenters. The quantitative estimate of drug-likeness (QED) is 0.0285. The number of aryl methyl sites for hydroxylation is 1. The molecule has 0 fully saturated rings. The Morgan fingerprint density at radius 2 is 1.17 bits per heavy atom. The van der Waals surface area contributed by atoms with Gasteiger partial charge in [-0.1, -0.05) is 59.7 Å². The van der Waals surface area contributed by atoms with Gasteiger partial charge in [-0.2, -0.15) is 45.4 Å². The number of azo groups is 2. The van der Waals surface area contributed by atoms with Gasteiger partial charge >= 0.3 is 0 Å². The van der Waals surface area contributed by atoms with E-state index in [1.807, 2.05) is 13.8 Å². The fourth-order valence-corrected chi connectivity index (χ4v) is 8.65. The summed E-state index contributed by atoms with van der Waals surface area (Å²) in [5.41, 5.74) is 2.58. The van der Waals surface area contributed by atoms with Crippen LogP contribution in [-0.2, 0) is 43.2 Å². The summed E-state index contributed by atoms with van der Waals surface area (Å²) in [7, 11) is -13.4. The third-order valence-electron chi connectivity index (χ3n) is 8.96. The summed E-state index contributed by atoms with van der Waals surface area (Å²) in [5, 5.41) is 20.3. The highest BCUT2D eigenvalue weighted by atomic mass is 35.5. The van der Waals surface area contributed by atoms with Crippen molar-refractivity contribution >= 4 is 105 Å². The number of anilines is 1. The molecular formula is C40H42Cl4N8O11S3. The first-order chi connectivity index (χ1) is 31.0. The van der Waals surface area contributed by atoms with Gasteiger partial charge < -0.3 is 14.8 Å². The number of benzene rings is 4. The van der Waals surface area contributed by atoms with Crippen LogP contribution in [0.4, 0.5) is 28.7 Å². The van der Waals surface area contributed by atoms with E-state index in [2.05, 4.69) is 35.7 Å². The van der Waals surface area contributed by atoms with Crippen LogP contribution in [0.15, 0.2) is 86.0 Å². The molecule has 0 amide bonds. The van der Waals surface area contributed by atoms with E-state index in [9.17, 15) is 38.9 Å². The van der Waals surface area contributed by atoms with E-state index in [0.717, 1.165) is 24.5 Å². The zero-order chi connectivity index (χ0) is 48.4. The van der Waals surface area contributed by atoms with Crippen LogP contribution in [0.2, 0.25) is 20.1 Å². The second-order valence-electron chi connectivity index (χ2n) is 14.6. The fraction of sp³-hybridized carbons (Fsp3) is 0.325. The standard InChI is InChI=1S/C40H42Cl4N8O11S3/c1-4-5-11-62-35-20-33(51-49-27-7-9-29(41)23(2)14-27)31(43)15-25(35)17-38-46-39(48-40(47-38)45-24(3)22-65(56,57)58)18-26-16-32(44)34(21-36(26)63-12-6-13-64(53,54)55)52-50-28-8-10-30(42)37(19-28)66(59,60)61/h7-10,14-16,19-21,24H,4-6,11-13,17-18,22H2,1-3H3,(H,53,54,55)(H,56,57,58)(H,59,60,61)(H,45,46,47,48). The molecule has 1 aromatic heterocycles. The molecule has 5 rings (SSSR count). The Morgan fingerprint density at radius 1 is 0.652 bits per heavy atom. The Labute approximate surface area is 401 Å². The topological polar surface area (TPSA) is 282 Å². The molecule has 1 atom stereocenters. The van der Waals surface area contributed by atoms with Gasteiger partial charge in [-0.25, -0.2) is 4.98 Å². The van der Waals surface area contributed by atoms with Crippen molar-refractivity contribution in [3.63, 3.8) is 0 Å². The highest BCUT2D eigenvalue weighted by Crippen LogP contribution is 2.38. The van der Waals surface area contributed by atoms with Crippen molar-refractivity contribution in [2.45, 2.75) is 63.8 Å². The van der Waals surface area contributed by atoms with Gasteiger partial charge in [0.15, 0.2) is 0 Å². The molecule has 5 aromatic rings. The molecule has 0 aliphatic carbocycles. The number of nitrogens with one attached hydrogen (secondary N) is 1. The van der Waals surface area contributed by atoms with Crippen molar-refractivity contribution in [2.24, 2.45) is 20.5 Å². The van der Waals surface area contributed by atoms with E-state index in [0.29, 0.717) is 39.9 Å². The highest BCUT2D eigenvalue weighted by molar-refractivity contribution is 7.86. The van der Waals surface area contributed by atoms with Gasteiger partial charge in [0, 0.05) is 47.2 Å². The predicted octanol–water partition coefficient (Wildman–Crippen LogP) is 10.6. The lowest BCUT2D eigenvalue weighted by Gasteiger charge is -2.16. The number of nitrogens with zero attached hydrogens (tertiary/aromatic N) is 7.